The van der Waals surface area contributed by atoms with Crippen molar-refractivity contribution in [3.8, 4) is 11.5 Å². The molecular weight excluding hydrogens is 250 g/mol. The molecule has 2 rings (SSSR count). The lowest BCUT2D eigenvalue weighted by Gasteiger charge is -2.13. The normalized spacial score (nSPS) is 12.3. The highest BCUT2D eigenvalue weighted by Gasteiger charge is 2.12. The van der Waals surface area contributed by atoms with Gasteiger partial charge in [-0.25, -0.2) is 8.78 Å². The van der Waals surface area contributed by atoms with Gasteiger partial charge in [0.25, 0.3) is 0 Å². The molecule has 0 aromatic heterocycles. The highest BCUT2D eigenvalue weighted by atomic mass is 19.1. The predicted molar refractivity (Wildman–Crippen MR) is 68.2 cm³/mol. The second kappa shape index (κ2) is 5.36. The molecule has 2 nitrogen and oxygen atoms in total. The standard InChI is InChI=1S/C15H14F2O2/c1-9-7-12(4-5-14(9)17)19-15-6-3-11(16)8-13(15)10(2)18/h3-8,10,18H,1-2H3. The summed E-state index contributed by atoms with van der Waals surface area (Å²) in [5, 5.41) is 9.60. The molecule has 4 heteroatoms. The summed E-state index contributed by atoms with van der Waals surface area (Å²) in [7, 11) is 0. The van der Waals surface area contributed by atoms with Crippen molar-refractivity contribution >= 4 is 0 Å². The van der Waals surface area contributed by atoms with E-state index in [-0.39, 0.29) is 5.82 Å². The van der Waals surface area contributed by atoms with Crippen LogP contribution in [0.4, 0.5) is 8.78 Å². The molecule has 2 aromatic carbocycles. The van der Waals surface area contributed by atoms with Gasteiger partial charge in [0.2, 0.25) is 0 Å². The molecule has 0 saturated carbocycles. The summed E-state index contributed by atoms with van der Waals surface area (Å²) >= 11 is 0. The molecule has 0 fully saturated rings. The third kappa shape index (κ3) is 3.09. The molecule has 0 radical (unpaired) electrons. The average molecular weight is 264 g/mol. The van der Waals surface area contributed by atoms with Gasteiger partial charge < -0.3 is 9.84 Å². The van der Waals surface area contributed by atoms with Gasteiger partial charge in [-0.3, -0.25) is 0 Å². The van der Waals surface area contributed by atoms with Crippen LogP contribution in [0.25, 0.3) is 0 Å². The van der Waals surface area contributed by atoms with Crippen molar-refractivity contribution < 1.29 is 18.6 Å². The fourth-order valence-electron chi connectivity index (χ4n) is 1.75. The Bertz CT molecular complexity index is 595. The van der Waals surface area contributed by atoms with E-state index in [1.165, 1.54) is 37.3 Å². The zero-order valence-corrected chi connectivity index (χ0v) is 10.7. The molecule has 0 bridgehead atoms. The Kier molecular flexibility index (Phi) is 3.81. The molecule has 0 spiro atoms. The van der Waals surface area contributed by atoms with E-state index < -0.39 is 11.9 Å². The minimum Gasteiger partial charge on any atom is -0.457 e. The molecule has 2 aromatic rings. The maximum atomic E-state index is 13.2. The Balaban J connectivity index is 2.35. The van der Waals surface area contributed by atoms with E-state index in [1.54, 1.807) is 13.0 Å². The highest BCUT2D eigenvalue weighted by Crippen LogP contribution is 2.30. The maximum Gasteiger partial charge on any atom is 0.133 e. The van der Waals surface area contributed by atoms with Crippen molar-refractivity contribution in [2.24, 2.45) is 0 Å². The highest BCUT2D eigenvalue weighted by molar-refractivity contribution is 5.40. The first-order valence-electron chi connectivity index (χ1n) is 5.89. The number of aryl methyl sites for hydroxylation is 1. The van der Waals surface area contributed by atoms with E-state index in [0.717, 1.165) is 0 Å². The summed E-state index contributed by atoms with van der Waals surface area (Å²) in [5.41, 5.74) is 0.806. The lowest BCUT2D eigenvalue weighted by Crippen LogP contribution is -1.97. The van der Waals surface area contributed by atoms with Crippen molar-refractivity contribution in [3.63, 3.8) is 0 Å². The van der Waals surface area contributed by atoms with Crippen LogP contribution in [-0.4, -0.2) is 5.11 Å². The van der Waals surface area contributed by atoms with Gasteiger partial charge in [0, 0.05) is 5.56 Å². The van der Waals surface area contributed by atoms with Gasteiger partial charge in [0.05, 0.1) is 6.10 Å². The van der Waals surface area contributed by atoms with E-state index in [4.69, 9.17) is 4.74 Å². The first kappa shape index (κ1) is 13.5. The van der Waals surface area contributed by atoms with E-state index in [9.17, 15) is 13.9 Å². The second-order valence-corrected chi connectivity index (χ2v) is 4.37. The minimum atomic E-state index is -0.854. The SMILES string of the molecule is Cc1cc(Oc2ccc(F)cc2C(C)O)ccc1F. The van der Waals surface area contributed by atoms with Crippen molar-refractivity contribution in [1.29, 1.82) is 0 Å². The van der Waals surface area contributed by atoms with Crippen LogP contribution in [0.3, 0.4) is 0 Å². The molecule has 1 atom stereocenters. The van der Waals surface area contributed by atoms with Gasteiger partial charge in [-0.05, 0) is 55.8 Å². The Hall–Kier alpha value is -1.94. The maximum absolute atomic E-state index is 13.2. The lowest BCUT2D eigenvalue weighted by molar-refractivity contribution is 0.195. The molecule has 0 saturated heterocycles. The molecular formula is C15H14F2O2. The minimum absolute atomic E-state index is 0.317. The van der Waals surface area contributed by atoms with E-state index >= 15 is 0 Å². The first-order valence-corrected chi connectivity index (χ1v) is 5.89. The van der Waals surface area contributed by atoms with Crippen LogP contribution in [0, 0.1) is 18.6 Å². The van der Waals surface area contributed by atoms with Crippen LogP contribution >= 0.6 is 0 Å². The van der Waals surface area contributed by atoms with E-state index in [1.807, 2.05) is 0 Å². The number of halogens is 2. The zero-order chi connectivity index (χ0) is 14.0. The number of aliphatic hydroxyl groups is 1. The molecule has 0 aliphatic carbocycles. The summed E-state index contributed by atoms with van der Waals surface area (Å²) in [6, 6.07) is 8.24. The smallest absolute Gasteiger partial charge is 0.133 e. The second-order valence-electron chi connectivity index (χ2n) is 4.37. The Labute approximate surface area is 110 Å². The van der Waals surface area contributed by atoms with Crippen LogP contribution in [0.2, 0.25) is 0 Å². The molecule has 0 aliphatic heterocycles. The number of rotatable bonds is 3. The van der Waals surface area contributed by atoms with Crippen molar-refractivity contribution in [1.82, 2.24) is 0 Å². The number of ether oxygens (including phenoxy) is 1. The van der Waals surface area contributed by atoms with Gasteiger partial charge in [-0.1, -0.05) is 0 Å². The van der Waals surface area contributed by atoms with Crippen molar-refractivity contribution in [2.45, 2.75) is 20.0 Å². The third-order valence-corrected chi connectivity index (χ3v) is 2.78. The van der Waals surface area contributed by atoms with Gasteiger partial charge in [0.1, 0.15) is 23.1 Å². The Morgan fingerprint density at radius 3 is 2.47 bits per heavy atom. The molecule has 100 valence electrons. The van der Waals surface area contributed by atoms with Crippen LogP contribution in [0.5, 0.6) is 11.5 Å². The van der Waals surface area contributed by atoms with Crippen LogP contribution in [0.15, 0.2) is 36.4 Å². The van der Waals surface area contributed by atoms with E-state index in [0.29, 0.717) is 22.6 Å². The summed E-state index contributed by atoms with van der Waals surface area (Å²) in [5.74, 6) is 0.0237. The monoisotopic (exact) mass is 264 g/mol. The van der Waals surface area contributed by atoms with E-state index in [2.05, 4.69) is 0 Å². The summed E-state index contributed by atoms with van der Waals surface area (Å²) in [6.45, 7) is 3.15. The number of benzene rings is 2. The van der Waals surface area contributed by atoms with Crippen molar-refractivity contribution in [2.75, 3.05) is 0 Å². The summed E-state index contributed by atoms with van der Waals surface area (Å²) < 4.78 is 31.9. The average Bonchev–Trinajstić information content (AvgIpc) is 2.36. The Morgan fingerprint density at radius 1 is 1.11 bits per heavy atom. The van der Waals surface area contributed by atoms with Crippen LogP contribution in [-0.2, 0) is 0 Å². The van der Waals surface area contributed by atoms with Gasteiger partial charge >= 0.3 is 0 Å². The fraction of sp³-hybridized carbons (Fsp3) is 0.200. The van der Waals surface area contributed by atoms with Gasteiger partial charge in [-0.15, -0.1) is 0 Å². The molecule has 0 aliphatic rings. The number of hydrogen-bond donors (Lipinski definition) is 1. The van der Waals surface area contributed by atoms with Crippen LogP contribution in [0.1, 0.15) is 24.2 Å². The lowest BCUT2D eigenvalue weighted by atomic mass is 10.1. The van der Waals surface area contributed by atoms with Crippen LogP contribution < -0.4 is 4.74 Å². The van der Waals surface area contributed by atoms with Gasteiger partial charge in [0.15, 0.2) is 0 Å². The largest absolute Gasteiger partial charge is 0.457 e. The Morgan fingerprint density at radius 2 is 1.84 bits per heavy atom. The molecule has 1 N–H and O–H groups in total. The summed E-state index contributed by atoms with van der Waals surface area (Å²) in [4.78, 5) is 0. The summed E-state index contributed by atoms with van der Waals surface area (Å²) in [6.07, 6.45) is -0.854. The quantitative estimate of drug-likeness (QED) is 0.903. The number of hydrogen-bond acceptors (Lipinski definition) is 2. The van der Waals surface area contributed by atoms with Crippen molar-refractivity contribution in [3.05, 3.63) is 59.2 Å². The predicted octanol–water partition coefficient (Wildman–Crippen LogP) is 4.12. The molecule has 19 heavy (non-hydrogen) atoms. The molecule has 0 amide bonds. The van der Waals surface area contributed by atoms with Gasteiger partial charge in [-0.2, -0.15) is 0 Å². The third-order valence-electron chi connectivity index (χ3n) is 2.78. The molecule has 1 unspecified atom stereocenters. The number of aliphatic hydroxyl groups excluding tert-OH is 1. The zero-order valence-electron chi connectivity index (χ0n) is 10.7. The fourth-order valence-corrected chi connectivity index (χ4v) is 1.75. The topological polar surface area (TPSA) is 29.5 Å². The first-order chi connectivity index (χ1) is 8.97. The molecule has 0 heterocycles.